The van der Waals surface area contributed by atoms with E-state index in [2.05, 4.69) is 15.3 Å². The molecular weight excluding hydrogens is 375 g/mol. The van der Waals surface area contributed by atoms with Crippen LogP contribution in [0, 0.1) is 0 Å². The molecule has 2 aromatic heterocycles. The van der Waals surface area contributed by atoms with Crippen LogP contribution in [0.4, 0.5) is 13.2 Å². The lowest BCUT2D eigenvalue weighted by atomic mass is 10.0. The highest BCUT2D eigenvalue weighted by Gasteiger charge is 2.30. The van der Waals surface area contributed by atoms with Crippen molar-refractivity contribution in [2.45, 2.75) is 25.6 Å². The fraction of sp³-hybridized carbons (Fsp3) is 0.211. The lowest BCUT2D eigenvalue weighted by Gasteiger charge is -2.16. The van der Waals surface area contributed by atoms with Crippen LogP contribution in [0.5, 0.6) is 0 Å². The van der Waals surface area contributed by atoms with E-state index in [9.17, 15) is 18.0 Å². The van der Waals surface area contributed by atoms with Crippen LogP contribution in [-0.4, -0.2) is 15.9 Å². The van der Waals surface area contributed by atoms with Gasteiger partial charge >= 0.3 is 6.18 Å². The fourth-order valence-electron chi connectivity index (χ4n) is 2.52. The molecular formula is C19H16F3N3OS. The second kappa shape index (κ2) is 7.87. The highest BCUT2D eigenvalue weighted by atomic mass is 32.1. The van der Waals surface area contributed by atoms with Crippen LogP contribution in [0.2, 0.25) is 0 Å². The number of thiazole rings is 1. The van der Waals surface area contributed by atoms with Crippen LogP contribution >= 0.6 is 11.3 Å². The topological polar surface area (TPSA) is 54.9 Å². The number of hydrogen-bond donors (Lipinski definition) is 1. The van der Waals surface area contributed by atoms with Crippen molar-refractivity contribution in [3.05, 3.63) is 70.9 Å². The van der Waals surface area contributed by atoms with E-state index >= 15 is 0 Å². The highest BCUT2D eigenvalue weighted by Crippen LogP contribution is 2.30. The van der Waals surface area contributed by atoms with Crippen molar-refractivity contribution in [3.63, 3.8) is 0 Å². The summed E-state index contributed by atoms with van der Waals surface area (Å²) in [4.78, 5) is 20.8. The molecule has 0 fully saturated rings. The number of hydrogen-bond acceptors (Lipinski definition) is 4. The maximum absolute atomic E-state index is 12.8. The first-order valence-electron chi connectivity index (χ1n) is 8.15. The molecule has 0 bridgehead atoms. The largest absolute Gasteiger partial charge is 0.416 e. The van der Waals surface area contributed by atoms with Gasteiger partial charge in [0.1, 0.15) is 5.01 Å². The summed E-state index contributed by atoms with van der Waals surface area (Å²) in [6.45, 7) is 1.65. The third kappa shape index (κ3) is 4.91. The number of amides is 1. The van der Waals surface area contributed by atoms with Gasteiger partial charge < -0.3 is 5.32 Å². The molecule has 4 nitrogen and oxygen atoms in total. The smallest absolute Gasteiger partial charge is 0.349 e. The highest BCUT2D eigenvalue weighted by molar-refractivity contribution is 7.13. The Hall–Kier alpha value is -2.74. The molecule has 0 spiro atoms. The van der Waals surface area contributed by atoms with Crippen LogP contribution in [0.25, 0.3) is 10.7 Å². The fourth-order valence-corrected chi connectivity index (χ4v) is 3.31. The van der Waals surface area contributed by atoms with E-state index in [0.717, 1.165) is 17.8 Å². The average molecular weight is 391 g/mol. The zero-order valence-corrected chi connectivity index (χ0v) is 15.1. The van der Waals surface area contributed by atoms with Crippen LogP contribution in [0.3, 0.4) is 0 Å². The Labute approximate surface area is 158 Å². The van der Waals surface area contributed by atoms with Gasteiger partial charge in [-0.05, 0) is 36.8 Å². The Morgan fingerprint density at radius 1 is 1.22 bits per heavy atom. The molecule has 1 aromatic carbocycles. The van der Waals surface area contributed by atoms with Crippen LogP contribution in [-0.2, 0) is 17.4 Å². The predicted molar refractivity (Wildman–Crippen MR) is 97.1 cm³/mol. The second-order valence-corrected chi connectivity index (χ2v) is 6.81. The van der Waals surface area contributed by atoms with Gasteiger partial charge in [-0.15, -0.1) is 11.3 Å². The number of nitrogens with zero attached hydrogens (tertiary/aromatic N) is 2. The molecule has 27 heavy (non-hydrogen) atoms. The number of aromatic nitrogens is 2. The maximum Gasteiger partial charge on any atom is 0.416 e. The Balaban J connectivity index is 1.64. The molecule has 0 aliphatic rings. The molecule has 1 amide bonds. The standard InChI is InChI=1S/C19H16F3N3OS/c1-12(13-5-4-6-14(9-13)19(20,21)22)24-17(26)10-15-11-27-18(25-15)16-7-2-3-8-23-16/h2-9,11-12H,10H2,1H3,(H,24,26)/t12-/m1/s1. The number of rotatable bonds is 5. The van der Waals surface area contributed by atoms with Crippen molar-refractivity contribution < 1.29 is 18.0 Å². The predicted octanol–water partition coefficient (Wildman–Crippen LogP) is 4.64. The Kier molecular flexibility index (Phi) is 5.55. The molecule has 1 atom stereocenters. The lowest BCUT2D eigenvalue weighted by Crippen LogP contribution is -2.28. The van der Waals surface area contributed by atoms with E-state index in [-0.39, 0.29) is 12.3 Å². The molecule has 1 N–H and O–H groups in total. The van der Waals surface area contributed by atoms with Gasteiger partial charge in [0, 0.05) is 11.6 Å². The number of pyridine rings is 1. The molecule has 0 aliphatic heterocycles. The van der Waals surface area contributed by atoms with Gasteiger partial charge in [0.05, 0.1) is 29.4 Å². The van der Waals surface area contributed by atoms with Gasteiger partial charge in [-0.3, -0.25) is 9.78 Å². The third-order valence-electron chi connectivity index (χ3n) is 3.87. The van der Waals surface area contributed by atoms with E-state index < -0.39 is 17.8 Å². The quantitative estimate of drug-likeness (QED) is 0.689. The summed E-state index contributed by atoms with van der Waals surface area (Å²) in [5, 5.41) is 5.20. The number of carbonyl (C=O) groups excluding carboxylic acids is 1. The van der Waals surface area contributed by atoms with Crippen molar-refractivity contribution >= 4 is 17.2 Å². The second-order valence-electron chi connectivity index (χ2n) is 5.95. The summed E-state index contributed by atoms with van der Waals surface area (Å²) >= 11 is 1.39. The summed E-state index contributed by atoms with van der Waals surface area (Å²) in [5.74, 6) is -0.308. The van der Waals surface area contributed by atoms with Crippen molar-refractivity contribution in [2.75, 3.05) is 0 Å². The Morgan fingerprint density at radius 2 is 2.04 bits per heavy atom. The zero-order valence-electron chi connectivity index (χ0n) is 14.3. The molecule has 0 unspecified atom stereocenters. The lowest BCUT2D eigenvalue weighted by molar-refractivity contribution is -0.137. The number of benzene rings is 1. The summed E-state index contributed by atoms with van der Waals surface area (Å²) in [5.41, 5.74) is 0.979. The molecule has 8 heteroatoms. The molecule has 0 saturated carbocycles. The number of nitrogens with one attached hydrogen (secondary N) is 1. The monoisotopic (exact) mass is 391 g/mol. The van der Waals surface area contributed by atoms with E-state index in [4.69, 9.17) is 0 Å². The van der Waals surface area contributed by atoms with Gasteiger partial charge in [0.2, 0.25) is 5.91 Å². The van der Waals surface area contributed by atoms with Crippen LogP contribution < -0.4 is 5.32 Å². The molecule has 0 aliphatic carbocycles. The van der Waals surface area contributed by atoms with Gasteiger partial charge in [-0.1, -0.05) is 18.2 Å². The van der Waals surface area contributed by atoms with Crippen molar-refractivity contribution in [2.24, 2.45) is 0 Å². The summed E-state index contributed by atoms with van der Waals surface area (Å²) in [6.07, 6.45) is -2.70. The molecule has 0 radical (unpaired) electrons. The molecule has 3 rings (SSSR count). The minimum atomic E-state index is -4.41. The number of alkyl halides is 3. The minimum absolute atomic E-state index is 0.0482. The van der Waals surface area contributed by atoms with E-state index in [0.29, 0.717) is 16.3 Å². The molecule has 2 heterocycles. The van der Waals surface area contributed by atoms with Crippen molar-refractivity contribution in [1.82, 2.24) is 15.3 Å². The summed E-state index contributed by atoms with van der Waals surface area (Å²) in [6, 6.07) is 9.89. The number of carbonyl (C=O) groups is 1. The molecule has 3 aromatic rings. The first-order valence-corrected chi connectivity index (χ1v) is 9.03. The number of halogens is 3. The van der Waals surface area contributed by atoms with Gasteiger partial charge in [-0.25, -0.2) is 4.98 Å². The normalized spacial score (nSPS) is 12.6. The van der Waals surface area contributed by atoms with E-state index in [1.165, 1.54) is 17.4 Å². The van der Waals surface area contributed by atoms with Crippen LogP contribution in [0.1, 0.15) is 29.8 Å². The minimum Gasteiger partial charge on any atom is -0.349 e. The third-order valence-corrected chi connectivity index (χ3v) is 4.78. The molecule has 140 valence electrons. The van der Waals surface area contributed by atoms with Crippen molar-refractivity contribution in [3.8, 4) is 10.7 Å². The van der Waals surface area contributed by atoms with Crippen molar-refractivity contribution in [1.29, 1.82) is 0 Å². The van der Waals surface area contributed by atoms with E-state index in [1.54, 1.807) is 30.6 Å². The van der Waals surface area contributed by atoms with E-state index in [1.807, 2.05) is 12.1 Å². The zero-order chi connectivity index (χ0) is 19.4. The van der Waals surface area contributed by atoms with Gasteiger partial charge in [0.15, 0.2) is 0 Å². The molecule has 0 saturated heterocycles. The Morgan fingerprint density at radius 3 is 2.74 bits per heavy atom. The SMILES string of the molecule is C[C@@H](NC(=O)Cc1csc(-c2ccccn2)n1)c1cccc(C(F)(F)F)c1. The summed E-state index contributed by atoms with van der Waals surface area (Å²) in [7, 11) is 0. The van der Waals surface area contributed by atoms with Gasteiger partial charge in [-0.2, -0.15) is 13.2 Å². The summed E-state index contributed by atoms with van der Waals surface area (Å²) < 4.78 is 38.5. The first-order chi connectivity index (χ1) is 12.8. The maximum atomic E-state index is 12.8. The first kappa shape index (κ1) is 19.0. The van der Waals surface area contributed by atoms with Gasteiger partial charge in [0.25, 0.3) is 0 Å². The average Bonchev–Trinajstić information content (AvgIpc) is 3.10. The van der Waals surface area contributed by atoms with Crippen LogP contribution in [0.15, 0.2) is 54.0 Å². The Bertz CT molecular complexity index is 925.